The number of methoxy groups -OCH3 is 1. The maximum Gasteiger partial charge on any atom is 0.244 e. The molecule has 1 unspecified atom stereocenters. The van der Waals surface area contributed by atoms with Gasteiger partial charge in [-0.3, -0.25) is 0 Å². The van der Waals surface area contributed by atoms with Gasteiger partial charge in [-0.25, -0.2) is 18.4 Å². The summed E-state index contributed by atoms with van der Waals surface area (Å²) >= 11 is 4.84. The summed E-state index contributed by atoms with van der Waals surface area (Å²) < 4.78 is 33.1. The highest BCUT2D eigenvalue weighted by molar-refractivity contribution is 9.10. The first kappa shape index (κ1) is 22.2. The molecule has 10 heteroatoms. The molecule has 1 aromatic carbocycles. The lowest BCUT2D eigenvalue weighted by atomic mass is 9.99. The third kappa shape index (κ3) is 4.77. The highest BCUT2D eigenvalue weighted by Gasteiger charge is 2.29. The van der Waals surface area contributed by atoms with Crippen molar-refractivity contribution in [1.82, 2.24) is 14.3 Å². The Morgan fingerprint density at radius 2 is 1.81 bits per heavy atom. The molecule has 31 heavy (non-hydrogen) atoms. The lowest BCUT2D eigenvalue weighted by Gasteiger charge is -2.33. The van der Waals surface area contributed by atoms with Gasteiger partial charge in [-0.05, 0) is 45.8 Å². The van der Waals surface area contributed by atoms with Crippen molar-refractivity contribution < 1.29 is 13.2 Å². The number of halogens is 1. The van der Waals surface area contributed by atoms with E-state index < -0.39 is 10.0 Å². The second-order valence-electron chi connectivity index (χ2n) is 7.26. The summed E-state index contributed by atoms with van der Waals surface area (Å²) in [6.45, 7) is 4.18. The van der Waals surface area contributed by atoms with Gasteiger partial charge in [-0.2, -0.15) is 4.31 Å². The number of ether oxygens (including phenoxy) is 1. The van der Waals surface area contributed by atoms with E-state index in [-0.39, 0.29) is 10.8 Å². The summed E-state index contributed by atoms with van der Waals surface area (Å²) in [4.78, 5) is 11.2. The number of hydrogen-bond acceptors (Lipinski definition) is 7. The van der Waals surface area contributed by atoms with Gasteiger partial charge in [-0.15, -0.1) is 11.3 Å². The first-order valence-corrected chi connectivity index (χ1v) is 13.0. The van der Waals surface area contributed by atoms with E-state index in [1.165, 1.54) is 16.1 Å². The van der Waals surface area contributed by atoms with Crippen LogP contribution in [0.25, 0.3) is 0 Å². The lowest BCUT2D eigenvalue weighted by molar-refractivity contribution is 0.384. The van der Waals surface area contributed by atoms with Gasteiger partial charge in [0.25, 0.3) is 0 Å². The number of nitrogens with zero attached hydrogens (tertiary/aromatic N) is 4. The van der Waals surface area contributed by atoms with E-state index in [1.807, 2.05) is 12.1 Å². The molecule has 7 nitrogen and oxygen atoms in total. The first-order chi connectivity index (χ1) is 14.9. The Labute approximate surface area is 194 Å². The molecule has 0 spiro atoms. The van der Waals surface area contributed by atoms with Crippen molar-refractivity contribution in [2.24, 2.45) is 0 Å². The monoisotopic (exact) mass is 522 g/mol. The first-order valence-electron chi connectivity index (χ1n) is 9.84. The molecule has 0 saturated carbocycles. The molecule has 1 saturated heterocycles. The van der Waals surface area contributed by atoms with Crippen molar-refractivity contribution in [2.75, 3.05) is 38.2 Å². The Morgan fingerprint density at radius 3 is 2.42 bits per heavy atom. The number of rotatable bonds is 6. The van der Waals surface area contributed by atoms with E-state index in [9.17, 15) is 8.42 Å². The van der Waals surface area contributed by atoms with Crippen LogP contribution in [0.5, 0.6) is 5.75 Å². The van der Waals surface area contributed by atoms with E-state index in [0.29, 0.717) is 30.8 Å². The summed E-state index contributed by atoms with van der Waals surface area (Å²) in [6, 6.07) is 11.3. The number of thiazole rings is 1. The molecule has 1 aliphatic rings. The molecule has 164 valence electrons. The van der Waals surface area contributed by atoms with Crippen molar-refractivity contribution in [1.29, 1.82) is 0 Å². The van der Waals surface area contributed by atoms with E-state index in [2.05, 4.69) is 50.3 Å². The van der Waals surface area contributed by atoms with E-state index in [4.69, 9.17) is 9.72 Å². The normalized spacial score (nSPS) is 16.3. The van der Waals surface area contributed by atoms with Gasteiger partial charge in [0.1, 0.15) is 15.2 Å². The Kier molecular flexibility index (Phi) is 6.61. The van der Waals surface area contributed by atoms with Crippen LogP contribution in [0.15, 0.2) is 57.5 Å². The fraction of sp³-hybridized carbons (Fsp3) is 0.333. The van der Waals surface area contributed by atoms with Crippen LogP contribution in [0.1, 0.15) is 24.1 Å². The Bertz CT molecular complexity index is 1130. The van der Waals surface area contributed by atoms with Crippen molar-refractivity contribution >= 4 is 42.4 Å². The molecule has 1 fully saturated rings. The molecule has 1 aliphatic heterocycles. The van der Waals surface area contributed by atoms with Crippen molar-refractivity contribution in [3.63, 3.8) is 0 Å². The van der Waals surface area contributed by atoms with Crippen molar-refractivity contribution in [3.05, 3.63) is 63.8 Å². The van der Waals surface area contributed by atoms with Crippen LogP contribution >= 0.6 is 27.3 Å². The number of anilines is 1. The number of benzene rings is 1. The lowest BCUT2D eigenvalue weighted by Crippen LogP contribution is -2.48. The summed E-state index contributed by atoms with van der Waals surface area (Å²) in [5.74, 6) is 1.00. The Morgan fingerprint density at radius 1 is 1.10 bits per heavy atom. The number of aromatic nitrogens is 2. The average molecular weight is 523 g/mol. The van der Waals surface area contributed by atoms with Crippen LogP contribution in [0.2, 0.25) is 0 Å². The molecule has 0 radical (unpaired) electrons. The maximum atomic E-state index is 12.9. The van der Waals surface area contributed by atoms with Crippen LogP contribution in [0, 0.1) is 0 Å². The van der Waals surface area contributed by atoms with Crippen LogP contribution in [-0.4, -0.2) is 56.0 Å². The molecule has 0 aliphatic carbocycles. The highest BCUT2D eigenvalue weighted by atomic mass is 79.9. The molecule has 2 aromatic heterocycles. The quantitative estimate of drug-likeness (QED) is 0.456. The molecule has 3 heterocycles. The largest absolute Gasteiger partial charge is 0.497 e. The van der Waals surface area contributed by atoms with Crippen molar-refractivity contribution in [3.8, 4) is 5.75 Å². The SMILES string of the molecule is COc1ccc(C(C)c2csc(N3CCN(S(=O)(=O)c4ccc(Br)nc4)CC3)n2)cc1. The molecule has 0 bridgehead atoms. The summed E-state index contributed by atoms with van der Waals surface area (Å²) in [6.07, 6.45) is 1.39. The van der Waals surface area contributed by atoms with E-state index in [1.54, 1.807) is 30.6 Å². The molecule has 0 amide bonds. The van der Waals surface area contributed by atoms with Gasteiger partial charge < -0.3 is 9.64 Å². The summed E-state index contributed by atoms with van der Waals surface area (Å²) in [5.41, 5.74) is 2.19. The fourth-order valence-electron chi connectivity index (χ4n) is 3.47. The second kappa shape index (κ2) is 9.23. The fourth-order valence-corrected chi connectivity index (χ4v) is 6.04. The molecule has 4 rings (SSSR count). The van der Waals surface area contributed by atoms with Crippen LogP contribution < -0.4 is 9.64 Å². The molecule has 1 atom stereocenters. The van der Waals surface area contributed by atoms with Crippen LogP contribution in [0.4, 0.5) is 5.13 Å². The maximum absolute atomic E-state index is 12.9. The minimum absolute atomic E-state index is 0.169. The third-order valence-corrected chi connectivity index (χ3v) is 8.69. The van der Waals surface area contributed by atoms with Crippen LogP contribution in [0.3, 0.4) is 0 Å². The molecular formula is C21H23BrN4O3S2. The summed E-state index contributed by atoms with van der Waals surface area (Å²) in [5, 5.41) is 3.01. The minimum atomic E-state index is -3.54. The Hall–Kier alpha value is -2.01. The van der Waals surface area contributed by atoms with Gasteiger partial charge in [0.05, 0.1) is 12.8 Å². The molecule has 0 N–H and O–H groups in total. The number of pyridine rings is 1. The van der Waals surface area contributed by atoms with E-state index in [0.717, 1.165) is 16.6 Å². The van der Waals surface area contributed by atoms with Gasteiger partial charge in [0.2, 0.25) is 10.0 Å². The average Bonchev–Trinajstić information content (AvgIpc) is 3.29. The standard InChI is InChI=1S/C21H23BrN4O3S2/c1-15(16-3-5-17(29-2)6-4-16)19-14-30-21(24-19)25-9-11-26(12-10-25)31(27,28)18-7-8-20(22)23-13-18/h3-8,13-15H,9-12H2,1-2H3. The second-order valence-corrected chi connectivity index (χ2v) is 10.8. The van der Waals surface area contributed by atoms with Gasteiger partial charge >= 0.3 is 0 Å². The Balaban J connectivity index is 1.41. The van der Waals surface area contributed by atoms with Gasteiger partial charge in [0, 0.05) is 43.7 Å². The highest BCUT2D eigenvalue weighted by Crippen LogP contribution is 2.31. The van der Waals surface area contributed by atoms with Gasteiger partial charge in [-0.1, -0.05) is 19.1 Å². The summed E-state index contributed by atoms with van der Waals surface area (Å²) in [7, 11) is -1.88. The number of piperazine rings is 1. The zero-order valence-corrected chi connectivity index (χ0v) is 20.5. The van der Waals surface area contributed by atoms with Gasteiger partial charge in [0.15, 0.2) is 5.13 Å². The molecular weight excluding hydrogens is 500 g/mol. The minimum Gasteiger partial charge on any atom is -0.497 e. The third-order valence-electron chi connectivity index (χ3n) is 5.42. The topological polar surface area (TPSA) is 75.6 Å². The van der Waals surface area contributed by atoms with Crippen molar-refractivity contribution in [2.45, 2.75) is 17.7 Å². The number of hydrogen-bond donors (Lipinski definition) is 0. The molecule has 3 aromatic rings. The predicted molar refractivity (Wildman–Crippen MR) is 126 cm³/mol. The van der Waals surface area contributed by atoms with Crippen LogP contribution in [-0.2, 0) is 10.0 Å². The smallest absolute Gasteiger partial charge is 0.244 e. The zero-order chi connectivity index (χ0) is 22.0. The van der Waals surface area contributed by atoms with E-state index >= 15 is 0 Å². The number of sulfonamides is 1. The predicted octanol–water partition coefficient (Wildman–Crippen LogP) is 3.97. The zero-order valence-electron chi connectivity index (χ0n) is 17.2.